The quantitative estimate of drug-likeness (QED) is 0.364. The number of sulfonamides is 1. The molecule has 4 rings (SSSR count). The second-order valence-electron chi connectivity index (χ2n) is 7.27. The molecule has 0 bridgehead atoms. The molecule has 0 aliphatic carbocycles. The fourth-order valence-corrected chi connectivity index (χ4v) is 4.87. The molecule has 2 N–H and O–H groups in total. The zero-order chi connectivity index (χ0) is 25.2. The van der Waals surface area contributed by atoms with Gasteiger partial charge in [0.1, 0.15) is 0 Å². The number of aromatic nitrogens is 2. The monoisotopic (exact) mass is 532 g/mol. The van der Waals surface area contributed by atoms with Crippen molar-refractivity contribution in [1.29, 1.82) is 0 Å². The van der Waals surface area contributed by atoms with Crippen LogP contribution in [-0.4, -0.2) is 39.2 Å². The van der Waals surface area contributed by atoms with E-state index in [1.54, 1.807) is 18.2 Å². The summed E-state index contributed by atoms with van der Waals surface area (Å²) in [5.41, 5.74) is 0.376. The maximum atomic E-state index is 12.9. The van der Waals surface area contributed by atoms with Gasteiger partial charge in [-0.3, -0.25) is 14.8 Å². The van der Waals surface area contributed by atoms with Crippen LogP contribution in [0.5, 0.6) is 0 Å². The Hall–Kier alpha value is -3.74. The fourth-order valence-electron chi connectivity index (χ4n) is 3.00. The molecular formula is C22H17ClN4O6S2. The molecular weight excluding hydrogens is 516 g/mol. The molecule has 0 saturated heterocycles. The average molecular weight is 533 g/mol. The lowest BCUT2D eigenvalue weighted by Gasteiger charge is -2.12. The second kappa shape index (κ2) is 9.49. The lowest BCUT2D eigenvalue weighted by atomic mass is 10.2. The lowest BCUT2D eigenvalue weighted by molar-refractivity contribution is 0.102. The van der Waals surface area contributed by atoms with Crippen LogP contribution in [0.25, 0.3) is 11.5 Å². The van der Waals surface area contributed by atoms with Crippen molar-refractivity contribution in [1.82, 2.24) is 10.2 Å². The van der Waals surface area contributed by atoms with E-state index >= 15 is 0 Å². The number of rotatable bonds is 7. The Balaban J connectivity index is 1.55. The number of sulfone groups is 1. The summed E-state index contributed by atoms with van der Waals surface area (Å²) in [4.78, 5) is 12.9. The van der Waals surface area contributed by atoms with Gasteiger partial charge in [-0.1, -0.05) is 34.9 Å². The number of amides is 1. The predicted molar refractivity (Wildman–Crippen MR) is 129 cm³/mol. The fraction of sp³-hybridized carbons (Fsp3) is 0.0455. The van der Waals surface area contributed by atoms with Crippen molar-refractivity contribution in [3.8, 4) is 11.5 Å². The first-order valence-corrected chi connectivity index (χ1v) is 13.6. The van der Waals surface area contributed by atoms with E-state index in [9.17, 15) is 21.6 Å². The van der Waals surface area contributed by atoms with Gasteiger partial charge >= 0.3 is 6.01 Å². The molecule has 3 aromatic carbocycles. The Kier molecular flexibility index (Phi) is 6.61. The van der Waals surface area contributed by atoms with Crippen LogP contribution < -0.4 is 10.0 Å². The maximum absolute atomic E-state index is 12.9. The minimum atomic E-state index is -4.00. The van der Waals surface area contributed by atoms with Gasteiger partial charge in [0.2, 0.25) is 5.89 Å². The molecule has 0 aliphatic heterocycles. The SMILES string of the molecule is CS(=O)(=O)c1cccc(-c2nnc(NC(=O)c3ccccc3NS(=O)(=O)c3ccc(Cl)cc3)o2)c1. The number of hydrogen-bond donors (Lipinski definition) is 2. The molecule has 10 nitrogen and oxygen atoms in total. The van der Waals surface area contributed by atoms with Gasteiger partial charge in [-0.15, -0.1) is 5.10 Å². The van der Waals surface area contributed by atoms with Gasteiger partial charge in [-0.05, 0) is 54.6 Å². The van der Waals surface area contributed by atoms with E-state index in [1.165, 1.54) is 54.6 Å². The van der Waals surface area contributed by atoms with Crippen molar-refractivity contribution in [2.24, 2.45) is 0 Å². The molecule has 0 unspecified atom stereocenters. The molecule has 1 aromatic heterocycles. The summed E-state index contributed by atoms with van der Waals surface area (Å²) in [7, 11) is -7.44. The lowest BCUT2D eigenvalue weighted by Crippen LogP contribution is -2.18. The third-order valence-electron chi connectivity index (χ3n) is 4.69. The second-order valence-corrected chi connectivity index (χ2v) is 11.4. The molecule has 0 aliphatic rings. The number of carbonyl (C=O) groups is 1. The van der Waals surface area contributed by atoms with Crippen molar-refractivity contribution in [3.63, 3.8) is 0 Å². The Morgan fingerprint density at radius 3 is 2.31 bits per heavy atom. The number of anilines is 2. The molecule has 1 amide bonds. The van der Waals surface area contributed by atoms with Crippen molar-refractivity contribution >= 4 is 49.1 Å². The third kappa shape index (κ3) is 5.67. The highest BCUT2D eigenvalue weighted by molar-refractivity contribution is 7.92. The van der Waals surface area contributed by atoms with E-state index in [-0.39, 0.29) is 32.9 Å². The minimum Gasteiger partial charge on any atom is -0.403 e. The van der Waals surface area contributed by atoms with Crippen LogP contribution in [0.15, 0.2) is 87.0 Å². The zero-order valence-corrected chi connectivity index (χ0v) is 20.4. The highest BCUT2D eigenvalue weighted by Gasteiger charge is 2.20. The molecule has 35 heavy (non-hydrogen) atoms. The highest BCUT2D eigenvalue weighted by atomic mass is 35.5. The Morgan fingerprint density at radius 2 is 1.60 bits per heavy atom. The van der Waals surface area contributed by atoms with Crippen LogP contribution >= 0.6 is 11.6 Å². The molecule has 4 aromatic rings. The van der Waals surface area contributed by atoms with Crippen molar-refractivity contribution in [3.05, 3.63) is 83.4 Å². The van der Waals surface area contributed by atoms with Crippen LogP contribution in [0.1, 0.15) is 10.4 Å². The summed E-state index contributed by atoms with van der Waals surface area (Å²) in [6.07, 6.45) is 1.07. The molecule has 0 radical (unpaired) electrons. The number of hydrogen-bond acceptors (Lipinski definition) is 8. The topological polar surface area (TPSA) is 148 Å². The maximum Gasteiger partial charge on any atom is 0.322 e. The number of benzene rings is 3. The van der Waals surface area contributed by atoms with Crippen LogP contribution in [0.3, 0.4) is 0 Å². The standard InChI is InChI=1S/C22H17ClN4O6S2/c1-34(29,30)17-6-4-5-14(13-17)21-25-26-22(33-21)24-20(28)18-7-2-3-8-19(18)27-35(31,32)16-11-9-15(23)10-12-16/h2-13,27H,1H3,(H,24,26,28). The average Bonchev–Trinajstić information content (AvgIpc) is 3.27. The van der Waals surface area contributed by atoms with Gasteiger partial charge in [0, 0.05) is 16.8 Å². The van der Waals surface area contributed by atoms with E-state index < -0.39 is 25.8 Å². The normalized spacial score (nSPS) is 11.7. The number of nitrogens with one attached hydrogen (secondary N) is 2. The molecule has 1 heterocycles. The van der Waals surface area contributed by atoms with E-state index in [0.717, 1.165) is 6.26 Å². The summed E-state index contributed by atoms with van der Waals surface area (Å²) in [5.74, 6) is -0.720. The summed E-state index contributed by atoms with van der Waals surface area (Å²) >= 11 is 5.82. The molecule has 180 valence electrons. The summed E-state index contributed by atoms with van der Waals surface area (Å²) in [6.45, 7) is 0. The molecule has 0 saturated carbocycles. The van der Waals surface area contributed by atoms with Gasteiger partial charge in [-0.2, -0.15) is 0 Å². The summed E-state index contributed by atoms with van der Waals surface area (Å²) < 4.78 is 56.9. The first kappa shape index (κ1) is 24.4. The highest BCUT2D eigenvalue weighted by Crippen LogP contribution is 2.25. The first-order valence-electron chi connectivity index (χ1n) is 9.86. The Morgan fingerprint density at radius 1 is 0.886 bits per heavy atom. The molecule has 0 fully saturated rings. The van der Waals surface area contributed by atoms with Gasteiger partial charge in [0.15, 0.2) is 9.84 Å². The van der Waals surface area contributed by atoms with E-state index in [4.69, 9.17) is 16.0 Å². The third-order valence-corrected chi connectivity index (χ3v) is 7.44. The number of para-hydroxylation sites is 1. The van der Waals surface area contributed by atoms with Crippen molar-refractivity contribution in [2.45, 2.75) is 9.79 Å². The molecule has 0 atom stereocenters. The largest absolute Gasteiger partial charge is 0.403 e. The Bertz CT molecular complexity index is 1620. The first-order chi connectivity index (χ1) is 16.5. The number of carbonyl (C=O) groups excluding carboxylic acids is 1. The van der Waals surface area contributed by atoms with Crippen molar-refractivity contribution in [2.75, 3.05) is 16.3 Å². The zero-order valence-electron chi connectivity index (χ0n) is 18.0. The molecule has 0 spiro atoms. The Labute approximate surface area is 205 Å². The summed E-state index contributed by atoms with van der Waals surface area (Å²) in [5, 5.41) is 10.4. The van der Waals surface area contributed by atoms with E-state index in [1.807, 2.05) is 0 Å². The number of halogens is 1. The van der Waals surface area contributed by atoms with E-state index in [0.29, 0.717) is 10.6 Å². The van der Waals surface area contributed by atoms with Gasteiger partial charge in [-0.25, -0.2) is 16.8 Å². The minimum absolute atomic E-state index is 0.00358. The van der Waals surface area contributed by atoms with Crippen LogP contribution in [0.4, 0.5) is 11.7 Å². The number of nitrogens with zero attached hydrogens (tertiary/aromatic N) is 2. The predicted octanol–water partition coefficient (Wildman–Crippen LogP) is 3.85. The van der Waals surface area contributed by atoms with Crippen molar-refractivity contribution < 1.29 is 26.0 Å². The van der Waals surface area contributed by atoms with Crippen LogP contribution in [-0.2, 0) is 19.9 Å². The van der Waals surface area contributed by atoms with Gasteiger partial charge in [0.25, 0.3) is 15.9 Å². The smallest absolute Gasteiger partial charge is 0.322 e. The van der Waals surface area contributed by atoms with E-state index in [2.05, 4.69) is 20.2 Å². The van der Waals surface area contributed by atoms with Gasteiger partial charge < -0.3 is 4.42 Å². The van der Waals surface area contributed by atoms with Crippen LogP contribution in [0, 0.1) is 0 Å². The van der Waals surface area contributed by atoms with Gasteiger partial charge in [0.05, 0.1) is 21.0 Å². The summed E-state index contributed by atoms with van der Waals surface area (Å²) in [6, 6.07) is 17.2. The van der Waals surface area contributed by atoms with Crippen LogP contribution in [0.2, 0.25) is 5.02 Å². The molecule has 13 heteroatoms.